The Hall–Kier alpha value is -5.10. The Labute approximate surface area is 271 Å². The molecule has 3 atom stereocenters. The third kappa shape index (κ3) is 3.50. The van der Waals surface area contributed by atoms with E-state index in [-0.39, 0.29) is 62.3 Å². The van der Waals surface area contributed by atoms with E-state index in [2.05, 4.69) is 5.32 Å². The number of Topliss-reactive ketones (excluding diaryl/α,β-unsaturated/α-hetero) is 2. The van der Waals surface area contributed by atoms with Crippen molar-refractivity contribution in [2.45, 2.75) is 37.8 Å². The van der Waals surface area contributed by atoms with Crippen LogP contribution in [0.25, 0.3) is 10.9 Å². The lowest BCUT2D eigenvalue weighted by molar-refractivity contribution is -0.130. The predicted octanol–water partition coefficient (Wildman–Crippen LogP) is 3.06. The molecule has 0 saturated carbocycles. The molecule has 8 rings (SSSR count). The number of anilines is 1. The van der Waals surface area contributed by atoms with Crippen LogP contribution >= 0.6 is 11.6 Å². The van der Waals surface area contributed by atoms with Crippen molar-refractivity contribution in [3.63, 3.8) is 0 Å². The monoisotopic (exact) mass is 656 g/mol. The number of hydrogen-bond donors (Lipinski definition) is 1. The number of nitrogens with zero attached hydrogens (tertiary/aromatic N) is 3. The van der Waals surface area contributed by atoms with Crippen molar-refractivity contribution in [2.75, 3.05) is 19.5 Å². The van der Waals surface area contributed by atoms with Crippen LogP contribution in [0.3, 0.4) is 0 Å². The van der Waals surface area contributed by atoms with Crippen LogP contribution < -0.4 is 36.3 Å². The molecule has 0 amide bonds. The first-order chi connectivity index (χ1) is 22.5. The van der Waals surface area contributed by atoms with E-state index in [0.717, 1.165) is 21.0 Å². The molecule has 47 heavy (non-hydrogen) atoms. The molecule has 5 heterocycles. The fraction of sp³-hybridized carbons (Fsp3) is 0.324. The number of ketones is 2. The molecule has 12 nitrogen and oxygen atoms in total. The molecule has 1 aliphatic carbocycles. The summed E-state index contributed by atoms with van der Waals surface area (Å²) in [5, 5.41) is 3.97. The van der Waals surface area contributed by atoms with Gasteiger partial charge in [0.2, 0.25) is 17.2 Å². The number of allylic oxidation sites excluding steroid dienone is 1. The molecule has 3 aliphatic heterocycles. The normalized spacial score (nSPS) is 22.3. The molecule has 1 spiro atoms. The van der Waals surface area contributed by atoms with Gasteiger partial charge in [-0.2, -0.15) is 0 Å². The molecule has 4 aliphatic rings. The number of aromatic nitrogens is 3. The third-order valence-corrected chi connectivity index (χ3v) is 10.6. The summed E-state index contributed by atoms with van der Waals surface area (Å²) in [4.78, 5) is 71.2. The highest BCUT2D eigenvalue weighted by Gasteiger charge is 2.64. The number of carbonyl (C=O) groups excluding carboxylic acids is 2. The molecule has 13 heteroatoms. The van der Waals surface area contributed by atoms with Crippen LogP contribution in [0.1, 0.15) is 46.3 Å². The van der Waals surface area contributed by atoms with E-state index in [4.69, 9.17) is 25.8 Å². The van der Waals surface area contributed by atoms with Gasteiger partial charge in [0.05, 0.1) is 31.2 Å². The summed E-state index contributed by atoms with van der Waals surface area (Å²) in [6.07, 6.45) is 0.776. The molecule has 240 valence electrons. The summed E-state index contributed by atoms with van der Waals surface area (Å²) in [6.45, 7) is 2.15. The Bertz CT molecular complexity index is 2380. The molecule has 2 aromatic carbocycles. The second-order valence-electron chi connectivity index (χ2n) is 12.5. The number of rotatable bonds is 3. The number of benzene rings is 2. The highest BCUT2D eigenvalue weighted by molar-refractivity contribution is 6.36. The van der Waals surface area contributed by atoms with Crippen LogP contribution in [0.2, 0.25) is 5.02 Å². The van der Waals surface area contributed by atoms with Crippen LogP contribution in [0.5, 0.6) is 17.2 Å². The van der Waals surface area contributed by atoms with Crippen molar-refractivity contribution < 1.29 is 23.8 Å². The first-order valence-corrected chi connectivity index (χ1v) is 15.5. The van der Waals surface area contributed by atoms with Gasteiger partial charge in [0.25, 0.3) is 11.1 Å². The van der Waals surface area contributed by atoms with E-state index in [1.165, 1.54) is 38.9 Å². The van der Waals surface area contributed by atoms with Crippen LogP contribution in [0, 0.1) is 5.92 Å². The number of carbonyl (C=O) groups is 2. The van der Waals surface area contributed by atoms with Crippen molar-refractivity contribution in [2.24, 2.45) is 20.0 Å². The van der Waals surface area contributed by atoms with Crippen LogP contribution in [0.15, 0.2) is 56.0 Å². The van der Waals surface area contributed by atoms with Crippen LogP contribution in [-0.2, 0) is 31.9 Å². The first-order valence-electron chi connectivity index (χ1n) is 15.1. The lowest BCUT2D eigenvalue weighted by atomic mass is 9.66. The number of hydrogen-bond acceptors (Lipinski definition) is 9. The average molecular weight is 657 g/mol. The predicted molar refractivity (Wildman–Crippen MR) is 172 cm³/mol. The summed E-state index contributed by atoms with van der Waals surface area (Å²) < 4.78 is 21.2. The number of methoxy groups -OCH3 is 2. The lowest BCUT2D eigenvalue weighted by Gasteiger charge is -2.42. The minimum absolute atomic E-state index is 0.00690. The second kappa shape index (κ2) is 9.71. The zero-order valence-electron chi connectivity index (χ0n) is 26.1. The summed E-state index contributed by atoms with van der Waals surface area (Å²) in [7, 11) is 5.66. The van der Waals surface area contributed by atoms with Gasteiger partial charge in [0.1, 0.15) is 27.9 Å². The van der Waals surface area contributed by atoms with E-state index in [1.54, 1.807) is 17.6 Å². The fourth-order valence-electron chi connectivity index (χ4n) is 7.90. The summed E-state index contributed by atoms with van der Waals surface area (Å²) in [6, 6.07) is 8.94. The van der Waals surface area contributed by atoms with Gasteiger partial charge < -0.3 is 24.1 Å². The summed E-state index contributed by atoms with van der Waals surface area (Å²) in [5.41, 5.74) is -1.17. The maximum Gasteiger partial charge on any atom is 0.332 e. The molecule has 4 aromatic rings. The Morgan fingerprint density at radius 3 is 2.45 bits per heavy atom. The van der Waals surface area contributed by atoms with Gasteiger partial charge in [-0.3, -0.25) is 28.3 Å². The average Bonchev–Trinajstić information content (AvgIpc) is 3.64. The number of ether oxygens (including phenoxy) is 3. The van der Waals surface area contributed by atoms with Gasteiger partial charge in [0.15, 0.2) is 5.75 Å². The van der Waals surface area contributed by atoms with Crippen molar-refractivity contribution in [1.29, 1.82) is 0 Å². The zero-order valence-corrected chi connectivity index (χ0v) is 26.9. The zero-order chi connectivity index (χ0) is 33.3. The van der Waals surface area contributed by atoms with Crippen molar-refractivity contribution >= 4 is 39.9 Å². The standard InChI is InChI=1S/C34H29ClN4O8/c1-14-11-18-22(28(40)34(14)29(41)23-19(45-4)13-20(46-5)25(35)27(23)47-34)21(24-30(36-18)37(2)33(44)38(3)32(24)43)17-12-16-8-6-7-15-9-10-39(26(15)16)31(17)42/h6-8,12-14,21,36H,9-11H2,1-5H3. The van der Waals surface area contributed by atoms with E-state index in [9.17, 15) is 19.2 Å². The van der Waals surface area contributed by atoms with Gasteiger partial charge in [-0.05, 0) is 29.9 Å². The number of nitrogens with one attached hydrogen (secondary N) is 1. The van der Waals surface area contributed by atoms with E-state index in [1.807, 2.05) is 18.2 Å². The van der Waals surface area contributed by atoms with Crippen LogP contribution in [-0.4, -0.2) is 45.1 Å². The Morgan fingerprint density at radius 1 is 0.979 bits per heavy atom. The van der Waals surface area contributed by atoms with Crippen molar-refractivity contribution in [3.8, 4) is 17.2 Å². The molecule has 3 unspecified atom stereocenters. The maximum atomic E-state index is 15.2. The molecule has 0 bridgehead atoms. The Morgan fingerprint density at radius 2 is 1.72 bits per heavy atom. The maximum absolute atomic E-state index is 15.2. The van der Waals surface area contributed by atoms with Crippen molar-refractivity contribution in [3.05, 3.63) is 100 Å². The minimum atomic E-state index is -2.08. The largest absolute Gasteiger partial charge is 0.496 e. The molecule has 0 saturated heterocycles. The molecule has 2 aromatic heterocycles. The van der Waals surface area contributed by atoms with E-state index < -0.39 is 40.3 Å². The van der Waals surface area contributed by atoms with E-state index >= 15 is 4.79 Å². The molecule has 1 N–H and O–H groups in total. The quantitative estimate of drug-likeness (QED) is 0.330. The molecular weight excluding hydrogens is 628 g/mol. The highest BCUT2D eigenvalue weighted by Crippen LogP contribution is 2.56. The highest BCUT2D eigenvalue weighted by atomic mass is 35.5. The smallest absolute Gasteiger partial charge is 0.332 e. The Balaban J connectivity index is 1.42. The van der Waals surface area contributed by atoms with Gasteiger partial charge in [-0.25, -0.2) is 4.79 Å². The first kappa shape index (κ1) is 29.3. The summed E-state index contributed by atoms with van der Waals surface area (Å²) >= 11 is 6.65. The number of aryl methyl sites for hydroxylation is 2. The van der Waals surface area contributed by atoms with Crippen LogP contribution in [0.4, 0.5) is 5.82 Å². The van der Waals surface area contributed by atoms with Gasteiger partial charge >= 0.3 is 5.69 Å². The molecule has 0 radical (unpaired) electrons. The third-order valence-electron chi connectivity index (χ3n) is 10.2. The SMILES string of the molecule is COc1cc(OC)c2c(c1Cl)OC1(C(=O)C3=C(CC1C)Nc1c(c(=O)n(C)c(=O)n1C)C3c1cc3cccc4c3n(c1=O)CC4)C2=O. The van der Waals surface area contributed by atoms with Gasteiger partial charge in [-0.1, -0.05) is 36.7 Å². The number of para-hydroxylation sites is 1. The van der Waals surface area contributed by atoms with Crippen molar-refractivity contribution in [1.82, 2.24) is 13.7 Å². The Kier molecular flexibility index (Phi) is 6.05. The number of halogens is 1. The van der Waals surface area contributed by atoms with Gasteiger partial charge in [-0.15, -0.1) is 0 Å². The molecular formula is C34H29ClN4O8. The lowest BCUT2D eigenvalue weighted by Crippen LogP contribution is -2.58. The topological polar surface area (TPSA) is 140 Å². The number of fused-ring (bicyclic) bond motifs is 2. The van der Waals surface area contributed by atoms with E-state index in [0.29, 0.717) is 18.7 Å². The second-order valence-corrected chi connectivity index (χ2v) is 12.9. The number of pyridine rings is 1. The summed E-state index contributed by atoms with van der Waals surface area (Å²) in [5.74, 6) is -2.85. The molecule has 0 fully saturated rings. The fourth-order valence-corrected chi connectivity index (χ4v) is 8.16. The van der Waals surface area contributed by atoms with Gasteiger partial charge in [0, 0.05) is 49.5 Å². The minimum Gasteiger partial charge on any atom is -0.496 e.